The zero-order valence-electron chi connectivity index (χ0n) is 13.5. The number of nitrogens with zero attached hydrogens (tertiary/aromatic N) is 2. The van der Waals surface area contributed by atoms with E-state index in [1.807, 2.05) is 11.8 Å². The lowest BCUT2D eigenvalue weighted by Gasteiger charge is -2.24. The van der Waals surface area contributed by atoms with Gasteiger partial charge in [0.25, 0.3) is 0 Å². The predicted octanol–water partition coefficient (Wildman–Crippen LogP) is 3.98. The van der Waals surface area contributed by atoms with E-state index in [1.54, 1.807) is 0 Å². The number of likely N-dealkylation sites (tertiary alicyclic amines) is 1. The minimum Gasteiger partial charge on any atom is -0.302 e. The van der Waals surface area contributed by atoms with Crippen LogP contribution in [0.2, 0.25) is 0 Å². The largest absolute Gasteiger partial charge is 0.302 e. The zero-order chi connectivity index (χ0) is 14.8. The molecule has 0 bridgehead atoms. The minimum absolute atomic E-state index is 1.23. The fraction of sp³-hybridized carbons (Fsp3) is 0.667. The van der Waals surface area contributed by atoms with Crippen molar-refractivity contribution in [2.75, 3.05) is 45.0 Å². The molecule has 1 fully saturated rings. The molecule has 1 aliphatic rings. The second-order valence-corrected chi connectivity index (χ2v) is 7.07. The Bertz CT molecular complexity index is 363. The Labute approximate surface area is 134 Å². The highest BCUT2D eigenvalue weighted by atomic mass is 32.2. The van der Waals surface area contributed by atoms with Crippen LogP contribution < -0.4 is 0 Å². The van der Waals surface area contributed by atoms with Crippen molar-refractivity contribution >= 4 is 11.8 Å². The van der Waals surface area contributed by atoms with Crippen molar-refractivity contribution in [2.24, 2.45) is 0 Å². The molecule has 3 heteroatoms. The van der Waals surface area contributed by atoms with Crippen LogP contribution in [0.5, 0.6) is 0 Å². The number of thioether (sulfide) groups is 1. The standard InChI is InChI=1S/C18H30N2S/c1-2-11-19(15-16-20-12-6-7-13-20)14-8-17-21-18-9-4-3-5-10-18/h3-5,9-10H,2,6-8,11-17H2,1H3. The van der Waals surface area contributed by atoms with E-state index in [0.717, 1.165) is 0 Å². The Morgan fingerprint density at radius 3 is 2.52 bits per heavy atom. The molecular formula is C18H30N2S. The third kappa shape index (κ3) is 6.86. The van der Waals surface area contributed by atoms with Crippen LogP contribution in [-0.2, 0) is 0 Å². The van der Waals surface area contributed by atoms with Gasteiger partial charge in [0.2, 0.25) is 0 Å². The first kappa shape index (κ1) is 16.9. The SMILES string of the molecule is CCCN(CCCSc1ccccc1)CCN1CCCC1. The highest BCUT2D eigenvalue weighted by molar-refractivity contribution is 7.99. The van der Waals surface area contributed by atoms with Crippen LogP contribution >= 0.6 is 11.8 Å². The fourth-order valence-corrected chi connectivity index (χ4v) is 3.79. The lowest BCUT2D eigenvalue weighted by Crippen LogP contribution is -2.35. The minimum atomic E-state index is 1.23. The molecule has 2 rings (SSSR count). The van der Waals surface area contributed by atoms with Gasteiger partial charge in [-0.25, -0.2) is 0 Å². The van der Waals surface area contributed by atoms with Gasteiger partial charge >= 0.3 is 0 Å². The van der Waals surface area contributed by atoms with Crippen LogP contribution in [0.25, 0.3) is 0 Å². The summed E-state index contributed by atoms with van der Waals surface area (Å²) in [6.07, 6.45) is 5.37. The topological polar surface area (TPSA) is 6.48 Å². The number of benzene rings is 1. The molecule has 118 valence electrons. The van der Waals surface area contributed by atoms with Gasteiger partial charge in [0.05, 0.1) is 0 Å². The summed E-state index contributed by atoms with van der Waals surface area (Å²) in [7, 11) is 0. The maximum atomic E-state index is 2.66. The first-order valence-electron chi connectivity index (χ1n) is 8.51. The molecule has 2 nitrogen and oxygen atoms in total. The molecule has 0 atom stereocenters. The Balaban J connectivity index is 1.60. The van der Waals surface area contributed by atoms with Crippen LogP contribution in [-0.4, -0.2) is 54.8 Å². The number of rotatable bonds is 10. The Kier molecular flexibility index (Phi) is 8.23. The molecule has 0 aliphatic carbocycles. The van der Waals surface area contributed by atoms with Gasteiger partial charge in [-0.3, -0.25) is 0 Å². The van der Waals surface area contributed by atoms with Crippen LogP contribution in [0.4, 0.5) is 0 Å². The van der Waals surface area contributed by atoms with E-state index >= 15 is 0 Å². The third-order valence-corrected chi connectivity index (χ3v) is 5.20. The predicted molar refractivity (Wildman–Crippen MR) is 94.2 cm³/mol. The average Bonchev–Trinajstić information content (AvgIpc) is 3.03. The van der Waals surface area contributed by atoms with Crippen LogP contribution in [0.15, 0.2) is 35.2 Å². The van der Waals surface area contributed by atoms with E-state index in [2.05, 4.69) is 47.1 Å². The number of hydrogen-bond acceptors (Lipinski definition) is 3. The number of hydrogen-bond donors (Lipinski definition) is 0. The second-order valence-electron chi connectivity index (χ2n) is 5.91. The highest BCUT2D eigenvalue weighted by Gasteiger charge is 2.12. The molecule has 0 aromatic heterocycles. The molecule has 1 saturated heterocycles. The van der Waals surface area contributed by atoms with Crippen molar-refractivity contribution in [1.29, 1.82) is 0 Å². The highest BCUT2D eigenvalue weighted by Crippen LogP contribution is 2.17. The Morgan fingerprint density at radius 2 is 1.81 bits per heavy atom. The summed E-state index contributed by atoms with van der Waals surface area (Å²) in [5, 5.41) is 0. The summed E-state index contributed by atoms with van der Waals surface area (Å²) >= 11 is 1.99. The average molecular weight is 307 g/mol. The summed E-state index contributed by atoms with van der Waals surface area (Å²) < 4.78 is 0. The van der Waals surface area contributed by atoms with Crippen molar-refractivity contribution in [3.63, 3.8) is 0 Å². The van der Waals surface area contributed by atoms with Gasteiger partial charge in [-0.15, -0.1) is 11.8 Å². The van der Waals surface area contributed by atoms with E-state index in [9.17, 15) is 0 Å². The molecule has 1 aromatic carbocycles. The first-order valence-corrected chi connectivity index (χ1v) is 9.49. The van der Waals surface area contributed by atoms with E-state index < -0.39 is 0 Å². The van der Waals surface area contributed by atoms with Crippen LogP contribution in [0.3, 0.4) is 0 Å². The molecule has 1 aliphatic heterocycles. The van der Waals surface area contributed by atoms with E-state index in [0.29, 0.717) is 0 Å². The maximum Gasteiger partial charge on any atom is 0.0109 e. The normalized spacial score (nSPS) is 15.9. The van der Waals surface area contributed by atoms with E-state index in [-0.39, 0.29) is 0 Å². The first-order chi connectivity index (χ1) is 10.4. The molecule has 0 amide bonds. The Morgan fingerprint density at radius 1 is 1.05 bits per heavy atom. The van der Waals surface area contributed by atoms with Crippen molar-refractivity contribution in [2.45, 2.75) is 37.5 Å². The molecule has 0 saturated carbocycles. The van der Waals surface area contributed by atoms with Crippen molar-refractivity contribution < 1.29 is 0 Å². The maximum absolute atomic E-state index is 2.66. The van der Waals surface area contributed by atoms with E-state index in [1.165, 1.54) is 75.6 Å². The van der Waals surface area contributed by atoms with Gasteiger partial charge in [0, 0.05) is 18.0 Å². The monoisotopic (exact) mass is 306 g/mol. The van der Waals surface area contributed by atoms with Gasteiger partial charge in [-0.1, -0.05) is 25.1 Å². The van der Waals surface area contributed by atoms with Crippen molar-refractivity contribution in [3.05, 3.63) is 30.3 Å². The van der Waals surface area contributed by atoms with Gasteiger partial charge in [-0.2, -0.15) is 0 Å². The molecule has 0 unspecified atom stereocenters. The van der Waals surface area contributed by atoms with E-state index in [4.69, 9.17) is 0 Å². The van der Waals surface area contributed by atoms with Crippen LogP contribution in [0.1, 0.15) is 32.6 Å². The molecule has 1 aromatic rings. The quantitative estimate of drug-likeness (QED) is 0.477. The van der Waals surface area contributed by atoms with Crippen molar-refractivity contribution in [1.82, 2.24) is 9.80 Å². The smallest absolute Gasteiger partial charge is 0.0109 e. The molecular weight excluding hydrogens is 276 g/mol. The third-order valence-electron chi connectivity index (χ3n) is 4.10. The fourth-order valence-electron chi connectivity index (χ4n) is 2.94. The lowest BCUT2D eigenvalue weighted by atomic mass is 10.3. The van der Waals surface area contributed by atoms with Gasteiger partial charge in [0.15, 0.2) is 0 Å². The summed E-state index contributed by atoms with van der Waals surface area (Å²) in [5.41, 5.74) is 0. The summed E-state index contributed by atoms with van der Waals surface area (Å²) in [4.78, 5) is 6.68. The molecule has 21 heavy (non-hydrogen) atoms. The van der Waals surface area contributed by atoms with Gasteiger partial charge in [0.1, 0.15) is 0 Å². The summed E-state index contributed by atoms with van der Waals surface area (Å²) in [5.74, 6) is 1.23. The van der Waals surface area contributed by atoms with Gasteiger partial charge < -0.3 is 9.80 Å². The lowest BCUT2D eigenvalue weighted by molar-refractivity contribution is 0.226. The Hall–Kier alpha value is -0.510. The van der Waals surface area contributed by atoms with Gasteiger partial charge in [-0.05, 0) is 69.7 Å². The molecule has 0 N–H and O–H groups in total. The molecule has 0 spiro atoms. The summed E-state index contributed by atoms with van der Waals surface area (Å²) in [6, 6.07) is 10.8. The zero-order valence-corrected chi connectivity index (χ0v) is 14.3. The van der Waals surface area contributed by atoms with Crippen molar-refractivity contribution in [3.8, 4) is 0 Å². The summed E-state index contributed by atoms with van der Waals surface area (Å²) in [6.45, 7) is 9.97. The van der Waals surface area contributed by atoms with Crippen LogP contribution in [0, 0.1) is 0 Å². The second kappa shape index (κ2) is 10.3. The molecule has 1 heterocycles. The molecule has 0 radical (unpaired) electrons.